The van der Waals surface area contributed by atoms with E-state index in [2.05, 4.69) is 140 Å². The number of rotatable bonds is 23. The SMILES string of the molecule is CC(NC1COC1)c1ncnn1-c1ncccn1.CC(NC1CSC1)c1ncnn1-c1ncccn1.CC(NCC1OCCO1)c1ncnn1-c1ncccn1.CONC(C)c1ncnn1-c1ncccn1.CSCCNC(C)c1ncnn1-c1ncc(C#N)cn1. The molecule has 3 fully saturated rings. The van der Waals surface area contributed by atoms with E-state index in [1.807, 2.05) is 45.5 Å². The van der Waals surface area contributed by atoms with Crippen molar-refractivity contribution in [1.82, 2.24) is 150 Å². The summed E-state index contributed by atoms with van der Waals surface area (Å²) in [5.41, 5.74) is 3.20. The molecule has 10 aromatic heterocycles. The van der Waals surface area contributed by atoms with Gasteiger partial charge in [-0.2, -0.15) is 83.2 Å². The Kier molecular flexibility index (Phi) is 26.0. The van der Waals surface area contributed by atoms with Crippen LogP contribution in [0.2, 0.25) is 0 Å². The van der Waals surface area contributed by atoms with Gasteiger partial charge in [0, 0.05) is 86.0 Å². The number of nitriles is 1. The summed E-state index contributed by atoms with van der Waals surface area (Å²) >= 11 is 3.74. The smallest absolute Gasteiger partial charge is 0.252 e. The van der Waals surface area contributed by atoms with Crippen LogP contribution in [0.4, 0.5) is 0 Å². The van der Waals surface area contributed by atoms with Crippen LogP contribution in [-0.2, 0) is 19.0 Å². The number of nitrogens with one attached hydrogen (secondary N) is 5. The number of hydrogen-bond acceptors (Lipinski definition) is 32. The second-order valence-corrected chi connectivity index (χ2v) is 22.0. The number of ether oxygens (including phenoxy) is 3. The predicted octanol–water partition coefficient (Wildman–Crippen LogP) is 2.22. The van der Waals surface area contributed by atoms with Gasteiger partial charge in [0.1, 0.15) is 37.7 Å². The zero-order valence-corrected chi connectivity index (χ0v) is 53.2. The zero-order valence-electron chi connectivity index (χ0n) is 51.5. The van der Waals surface area contributed by atoms with Crippen LogP contribution in [0, 0.1) is 11.3 Å². The van der Waals surface area contributed by atoms with E-state index in [1.165, 1.54) is 49.2 Å². The summed E-state index contributed by atoms with van der Waals surface area (Å²) in [7, 11) is 1.55. The Hall–Kier alpha value is -9.07. The van der Waals surface area contributed by atoms with Gasteiger partial charge in [0.05, 0.1) is 87.7 Å². The quantitative estimate of drug-likeness (QED) is 0.0453. The highest BCUT2D eigenvalue weighted by molar-refractivity contribution is 8.00. The number of hydrogen-bond donors (Lipinski definition) is 5. The molecule has 13 heterocycles. The van der Waals surface area contributed by atoms with Crippen molar-refractivity contribution < 1.29 is 19.0 Å². The first-order chi connectivity index (χ1) is 45.1. The summed E-state index contributed by atoms with van der Waals surface area (Å²) in [6, 6.07) is 10.2. The van der Waals surface area contributed by atoms with Crippen LogP contribution in [0.3, 0.4) is 0 Å². The maximum absolute atomic E-state index is 8.75. The van der Waals surface area contributed by atoms with E-state index in [-0.39, 0.29) is 36.5 Å². The van der Waals surface area contributed by atoms with Crippen molar-refractivity contribution in [3.63, 3.8) is 0 Å². The van der Waals surface area contributed by atoms with E-state index >= 15 is 0 Å². The van der Waals surface area contributed by atoms with E-state index in [0.29, 0.717) is 73.0 Å². The standard InChI is InChI=1S/C12H15N7S.C12H16N6O2.C11H14N6O.C11H14N6S.C9H12N6O/c1-9(14-3-4-20-2)11-17-8-18-19(11)12-15-6-10(5-13)7-16-12;1-9(15-7-10-19-5-6-20-10)11-16-8-17-18(11)12-13-3-2-4-14-12;2*1-8(16-9-5-18-6-9)10-14-7-15-17(10)11-12-3-2-4-13-11;1-7(14-16-2)8-12-6-13-15(8)9-10-4-3-5-11-9/h6-9,14H,3-4H2,1-2H3;2-4,8-10,15H,5-7H2,1H3;2*2-4,7-9,16H,5-6H2,1H3;3-7,14H,1-2H3. The molecule has 10 aromatic rings. The molecule has 92 heavy (non-hydrogen) atoms. The van der Waals surface area contributed by atoms with Crippen molar-refractivity contribution in [3.05, 3.63) is 153 Å². The lowest BCUT2D eigenvalue weighted by Gasteiger charge is -2.29. The second-order valence-electron chi connectivity index (χ2n) is 20.0. The van der Waals surface area contributed by atoms with Gasteiger partial charge in [0.25, 0.3) is 29.7 Å². The third kappa shape index (κ3) is 19.0. The van der Waals surface area contributed by atoms with Crippen molar-refractivity contribution in [2.24, 2.45) is 0 Å². The van der Waals surface area contributed by atoms with Gasteiger partial charge in [-0.15, -0.1) is 0 Å². The van der Waals surface area contributed by atoms with Crippen LogP contribution < -0.4 is 26.7 Å². The molecule has 13 rings (SSSR count). The topological polar surface area (TPSA) is 403 Å². The Morgan fingerprint density at radius 3 is 1.24 bits per heavy atom. The fourth-order valence-corrected chi connectivity index (χ4v) is 9.68. The minimum Gasteiger partial charge on any atom is -0.378 e. The van der Waals surface area contributed by atoms with Crippen LogP contribution in [0.15, 0.2) is 118 Å². The normalized spacial score (nSPS) is 15.4. The summed E-state index contributed by atoms with van der Waals surface area (Å²) in [5.74, 6) is 9.68. The Bertz CT molecular complexity index is 3620. The number of nitrogens with zero attached hydrogens (tertiary/aromatic N) is 26. The molecule has 0 spiro atoms. The van der Waals surface area contributed by atoms with Gasteiger partial charge in [-0.25, -0.2) is 74.8 Å². The van der Waals surface area contributed by atoms with Crippen LogP contribution in [-0.4, -0.2) is 212 Å². The minimum atomic E-state index is -0.193. The summed E-state index contributed by atoms with van der Waals surface area (Å²) < 4.78 is 24.0. The van der Waals surface area contributed by atoms with E-state index in [0.717, 1.165) is 48.8 Å². The first-order valence-electron chi connectivity index (χ1n) is 29.1. The minimum absolute atomic E-state index is 0.0193. The van der Waals surface area contributed by atoms with E-state index < -0.39 is 0 Å². The highest BCUT2D eigenvalue weighted by Gasteiger charge is 2.26. The Balaban J connectivity index is 0.000000136. The van der Waals surface area contributed by atoms with Gasteiger partial charge in [-0.1, -0.05) is 0 Å². The molecule has 0 amide bonds. The highest BCUT2D eigenvalue weighted by Crippen LogP contribution is 2.22. The summed E-state index contributed by atoms with van der Waals surface area (Å²) in [6.07, 6.45) is 25.7. The predicted molar refractivity (Wildman–Crippen MR) is 334 cm³/mol. The van der Waals surface area contributed by atoms with Crippen LogP contribution in [0.5, 0.6) is 0 Å². The summed E-state index contributed by atoms with van der Waals surface area (Å²) in [5, 5.41) is 43.1. The van der Waals surface area contributed by atoms with E-state index in [1.54, 1.807) is 122 Å². The van der Waals surface area contributed by atoms with Crippen LogP contribution in [0.25, 0.3) is 29.7 Å². The van der Waals surface area contributed by atoms with E-state index in [9.17, 15) is 0 Å². The molecule has 5 N–H and O–H groups in total. The third-order valence-corrected chi connectivity index (χ3v) is 15.2. The fourth-order valence-electron chi connectivity index (χ4n) is 8.70. The van der Waals surface area contributed by atoms with Gasteiger partial charge in [0.2, 0.25) is 0 Å². The molecule has 482 valence electrons. The van der Waals surface area contributed by atoms with Gasteiger partial charge in [0.15, 0.2) is 35.4 Å². The Morgan fingerprint density at radius 2 is 0.891 bits per heavy atom. The van der Waals surface area contributed by atoms with Crippen molar-refractivity contribution in [2.75, 3.05) is 70.1 Å². The van der Waals surface area contributed by atoms with Crippen LogP contribution >= 0.6 is 23.5 Å². The molecule has 35 nitrogen and oxygen atoms in total. The highest BCUT2D eigenvalue weighted by atomic mass is 32.2. The molecule has 5 unspecified atom stereocenters. The second kappa shape index (κ2) is 35.5. The summed E-state index contributed by atoms with van der Waals surface area (Å²) in [4.78, 5) is 67.6. The van der Waals surface area contributed by atoms with Crippen molar-refractivity contribution in [2.45, 2.75) is 83.2 Å². The van der Waals surface area contributed by atoms with Gasteiger partial charge in [-0.05, 0) is 65.1 Å². The van der Waals surface area contributed by atoms with E-state index in [4.69, 9.17) is 24.3 Å². The lowest BCUT2D eigenvalue weighted by atomic mass is 10.2. The largest absolute Gasteiger partial charge is 0.378 e. The molecule has 3 aliphatic rings. The first kappa shape index (κ1) is 67.3. The summed E-state index contributed by atoms with van der Waals surface area (Å²) in [6.45, 7) is 14.3. The van der Waals surface area contributed by atoms with Crippen LogP contribution in [0.1, 0.15) is 99.5 Å². The van der Waals surface area contributed by atoms with Crippen molar-refractivity contribution >= 4 is 23.5 Å². The Morgan fingerprint density at radius 1 is 0.522 bits per heavy atom. The first-order valence-corrected chi connectivity index (χ1v) is 31.6. The molecule has 0 aliphatic carbocycles. The van der Waals surface area contributed by atoms with Gasteiger partial charge < -0.3 is 40.3 Å². The average molecular weight is 1290 g/mol. The zero-order chi connectivity index (χ0) is 64.3. The molecule has 0 aromatic carbocycles. The number of hydroxylamine groups is 1. The molecule has 5 atom stereocenters. The van der Waals surface area contributed by atoms with Gasteiger partial charge in [-0.3, -0.25) is 0 Å². The number of aromatic nitrogens is 25. The fraction of sp³-hybridized carbons (Fsp3) is 0.436. The Labute approximate surface area is 537 Å². The monoisotopic (exact) mass is 1290 g/mol. The molecular formula is C55H71N31O4S2. The molecule has 3 aliphatic heterocycles. The molecule has 37 heteroatoms. The maximum atomic E-state index is 8.75. The maximum Gasteiger partial charge on any atom is 0.252 e. The molecule has 0 radical (unpaired) electrons. The lowest BCUT2D eigenvalue weighted by Crippen LogP contribution is -2.47. The van der Waals surface area contributed by atoms with Gasteiger partial charge >= 0.3 is 0 Å². The molecule has 3 saturated heterocycles. The lowest BCUT2D eigenvalue weighted by molar-refractivity contribution is -0.0405. The van der Waals surface area contributed by atoms with Crippen molar-refractivity contribution in [1.29, 1.82) is 5.26 Å². The van der Waals surface area contributed by atoms with Crippen molar-refractivity contribution in [3.8, 4) is 35.8 Å². The molecular weight excluding hydrogens is 1220 g/mol. The average Bonchev–Trinajstić information content (AvgIpc) is 2.17. The molecule has 0 bridgehead atoms. The molecule has 0 saturated carbocycles. The number of thioether (sulfide) groups is 2. The third-order valence-electron chi connectivity index (χ3n) is 13.3.